The number of carbonyl (C=O) groups is 2. The molecule has 3 amide bonds. The normalized spacial score (nSPS) is 10.6. The Hall–Kier alpha value is -2.61. The quantitative estimate of drug-likeness (QED) is 0.639. The number of aromatic nitrogens is 1. The zero-order chi connectivity index (χ0) is 19.8. The van der Waals surface area contributed by atoms with E-state index in [0.29, 0.717) is 42.1 Å². The Labute approximate surface area is 163 Å². The fourth-order valence-corrected chi connectivity index (χ4v) is 3.01. The van der Waals surface area contributed by atoms with Crippen LogP contribution in [0.15, 0.2) is 24.4 Å². The van der Waals surface area contributed by atoms with Crippen LogP contribution in [0.25, 0.3) is 0 Å². The molecule has 1 heterocycles. The topological polar surface area (TPSA) is 92.4 Å². The summed E-state index contributed by atoms with van der Waals surface area (Å²) in [5.74, 6) is 0.971. The summed E-state index contributed by atoms with van der Waals surface area (Å²) in [4.78, 5) is 28.4. The van der Waals surface area contributed by atoms with Crippen LogP contribution in [0.5, 0.6) is 5.75 Å². The number of hydrogen-bond acceptors (Lipinski definition) is 5. The molecule has 0 bridgehead atoms. The molecule has 0 spiro atoms. The Morgan fingerprint density at radius 1 is 1.26 bits per heavy atom. The lowest BCUT2D eigenvalue weighted by atomic mass is 10.2. The van der Waals surface area contributed by atoms with E-state index in [1.807, 2.05) is 25.1 Å². The van der Waals surface area contributed by atoms with Gasteiger partial charge in [-0.1, -0.05) is 19.9 Å². The molecule has 0 saturated carbocycles. The summed E-state index contributed by atoms with van der Waals surface area (Å²) in [5, 5.41) is 8.78. The van der Waals surface area contributed by atoms with E-state index in [1.54, 1.807) is 6.20 Å². The number of nitrogens with one attached hydrogen (secondary N) is 3. The van der Waals surface area contributed by atoms with E-state index in [2.05, 4.69) is 34.8 Å². The molecule has 0 unspecified atom stereocenters. The van der Waals surface area contributed by atoms with Gasteiger partial charge in [-0.25, -0.2) is 9.78 Å². The van der Waals surface area contributed by atoms with Crippen molar-refractivity contribution in [3.05, 3.63) is 34.8 Å². The van der Waals surface area contributed by atoms with Gasteiger partial charge in [-0.05, 0) is 30.5 Å². The van der Waals surface area contributed by atoms with Crippen LogP contribution >= 0.6 is 11.3 Å². The number of benzene rings is 1. The highest BCUT2D eigenvalue weighted by molar-refractivity contribution is 7.15. The van der Waals surface area contributed by atoms with E-state index in [0.717, 1.165) is 10.4 Å². The average Bonchev–Trinajstić information content (AvgIpc) is 3.01. The number of carbonyl (C=O) groups excluding carboxylic acids is 2. The maximum atomic E-state index is 12.3. The van der Waals surface area contributed by atoms with Gasteiger partial charge in [0.2, 0.25) is 5.91 Å². The smallest absolute Gasteiger partial charge is 0.325 e. The van der Waals surface area contributed by atoms with Gasteiger partial charge in [-0.2, -0.15) is 0 Å². The van der Waals surface area contributed by atoms with E-state index >= 15 is 0 Å². The highest BCUT2D eigenvalue weighted by Gasteiger charge is 2.11. The Balaban J connectivity index is 1.94. The van der Waals surface area contributed by atoms with Gasteiger partial charge in [0.05, 0.1) is 12.3 Å². The van der Waals surface area contributed by atoms with Crippen molar-refractivity contribution in [1.82, 2.24) is 10.3 Å². The van der Waals surface area contributed by atoms with Crippen LogP contribution in [0.4, 0.5) is 15.6 Å². The summed E-state index contributed by atoms with van der Waals surface area (Å²) in [7, 11) is 0. The molecular weight excluding hydrogens is 364 g/mol. The van der Waals surface area contributed by atoms with Crippen LogP contribution in [0, 0.1) is 12.8 Å². The molecule has 0 saturated heterocycles. The Morgan fingerprint density at radius 2 is 2.04 bits per heavy atom. The molecule has 2 aromatic rings. The number of nitrogens with zero attached hydrogens (tertiary/aromatic N) is 1. The lowest BCUT2D eigenvalue weighted by molar-refractivity contribution is -0.118. The zero-order valence-corrected chi connectivity index (χ0v) is 16.9. The summed E-state index contributed by atoms with van der Waals surface area (Å²) >= 11 is 1.38. The van der Waals surface area contributed by atoms with E-state index in [4.69, 9.17) is 4.74 Å². The molecule has 0 aliphatic carbocycles. The van der Waals surface area contributed by atoms with Gasteiger partial charge in [0.1, 0.15) is 5.75 Å². The first kappa shape index (κ1) is 20.7. The maximum absolute atomic E-state index is 12.3. The number of urea groups is 1. The van der Waals surface area contributed by atoms with Gasteiger partial charge in [-0.15, -0.1) is 11.3 Å². The molecule has 0 aliphatic rings. The van der Waals surface area contributed by atoms with Crippen LogP contribution in [-0.4, -0.2) is 30.1 Å². The van der Waals surface area contributed by atoms with Crippen molar-refractivity contribution in [2.75, 3.05) is 23.8 Å². The number of aryl methyl sites for hydroxylation is 1. The summed E-state index contributed by atoms with van der Waals surface area (Å²) in [6, 6.07) is 5.27. The van der Waals surface area contributed by atoms with Crippen LogP contribution in [-0.2, 0) is 11.2 Å². The third-order valence-electron chi connectivity index (χ3n) is 3.48. The summed E-state index contributed by atoms with van der Waals surface area (Å²) in [5.41, 5.74) is 1.67. The molecule has 0 aliphatic heterocycles. The Kier molecular flexibility index (Phi) is 7.60. The number of rotatable bonds is 8. The van der Waals surface area contributed by atoms with Gasteiger partial charge in [0, 0.05) is 31.0 Å². The zero-order valence-electron chi connectivity index (χ0n) is 16.1. The molecule has 0 radical (unpaired) electrons. The van der Waals surface area contributed by atoms with Crippen molar-refractivity contribution in [2.45, 2.75) is 34.1 Å². The van der Waals surface area contributed by atoms with E-state index in [-0.39, 0.29) is 11.9 Å². The molecule has 146 valence electrons. The molecule has 2 rings (SSSR count). The second kappa shape index (κ2) is 9.91. The van der Waals surface area contributed by atoms with Crippen LogP contribution in [0.1, 0.15) is 31.2 Å². The summed E-state index contributed by atoms with van der Waals surface area (Å²) in [6.07, 6.45) is 2.37. The fourth-order valence-electron chi connectivity index (χ4n) is 2.20. The number of ether oxygens (including phenoxy) is 1. The first-order valence-electron chi connectivity index (χ1n) is 8.84. The molecule has 3 N–H and O–H groups in total. The van der Waals surface area contributed by atoms with Crippen molar-refractivity contribution in [3.63, 3.8) is 0 Å². The number of thiazole rings is 1. The monoisotopic (exact) mass is 390 g/mol. The SMILES string of the molecule is CC(=O)NCCc1cnc(NC(=O)Nc2ccc(C)cc2OCC(C)C)s1. The van der Waals surface area contributed by atoms with Crippen LogP contribution in [0.2, 0.25) is 0 Å². The van der Waals surface area contributed by atoms with E-state index in [9.17, 15) is 9.59 Å². The number of hydrogen-bond donors (Lipinski definition) is 3. The molecular formula is C19H26N4O3S. The van der Waals surface area contributed by atoms with Gasteiger partial charge < -0.3 is 15.4 Å². The molecule has 8 heteroatoms. The second-order valence-corrected chi connectivity index (χ2v) is 7.76. The standard InChI is InChI=1S/C19H26N4O3S/c1-12(2)11-26-17-9-13(3)5-6-16(17)22-18(25)23-19-21-10-15(27-19)7-8-20-14(4)24/h5-6,9-10,12H,7-8,11H2,1-4H3,(H,20,24)(H2,21,22,23,25). The second-order valence-electron chi connectivity index (χ2n) is 6.65. The minimum atomic E-state index is -0.379. The maximum Gasteiger partial charge on any atom is 0.325 e. The molecule has 0 fully saturated rings. The van der Waals surface area contributed by atoms with Crippen molar-refractivity contribution >= 4 is 34.1 Å². The molecule has 27 heavy (non-hydrogen) atoms. The average molecular weight is 391 g/mol. The van der Waals surface area contributed by atoms with Crippen molar-refractivity contribution in [2.24, 2.45) is 5.92 Å². The highest BCUT2D eigenvalue weighted by atomic mass is 32.1. The fraction of sp³-hybridized carbons (Fsp3) is 0.421. The van der Waals surface area contributed by atoms with E-state index < -0.39 is 0 Å². The Bertz CT molecular complexity index is 789. The Morgan fingerprint density at radius 3 is 2.74 bits per heavy atom. The first-order chi connectivity index (χ1) is 12.8. The van der Waals surface area contributed by atoms with E-state index in [1.165, 1.54) is 18.3 Å². The largest absolute Gasteiger partial charge is 0.491 e. The lowest BCUT2D eigenvalue weighted by Gasteiger charge is -2.14. The van der Waals surface area contributed by atoms with Crippen LogP contribution < -0.4 is 20.7 Å². The van der Waals surface area contributed by atoms with Crippen molar-refractivity contribution in [3.8, 4) is 5.75 Å². The predicted octanol–water partition coefficient (Wildman–Crippen LogP) is 3.81. The summed E-state index contributed by atoms with van der Waals surface area (Å²) < 4.78 is 5.81. The van der Waals surface area contributed by atoms with Crippen molar-refractivity contribution in [1.29, 1.82) is 0 Å². The first-order valence-corrected chi connectivity index (χ1v) is 9.65. The van der Waals surface area contributed by atoms with Gasteiger partial charge in [0.25, 0.3) is 0 Å². The molecule has 1 aromatic carbocycles. The predicted molar refractivity (Wildman–Crippen MR) is 109 cm³/mol. The molecule has 1 aromatic heterocycles. The van der Waals surface area contributed by atoms with Gasteiger partial charge >= 0.3 is 6.03 Å². The third-order valence-corrected chi connectivity index (χ3v) is 4.45. The van der Waals surface area contributed by atoms with Gasteiger partial charge in [-0.3, -0.25) is 10.1 Å². The summed E-state index contributed by atoms with van der Waals surface area (Å²) in [6.45, 7) is 8.72. The van der Waals surface area contributed by atoms with Crippen LogP contribution in [0.3, 0.4) is 0 Å². The van der Waals surface area contributed by atoms with Gasteiger partial charge in [0.15, 0.2) is 5.13 Å². The lowest BCUT2D eigenvalue weighted by Crippen LogP contribution is -2.22. The number of amides is 3. The van der Waals surface area contributed by atoms with Crippen molar-refractivity contribution < 1.29 is 14.3 Å². The minimum Gasteiger partial charge on any atom is -0.491 e. The minimum absolute atomic E-state index is 0.0640. The highest BCUT2D eigenvalue weighted by Crippen LogP contribution is 2.27. The molecule has 0 atom stereocenters. The third kappa shape index (κ3) is 7.26. The molecule has 7 nitrogen and oxygen atoms in total. The number of anilines is 2.